The standard InChI is InChI=1S/C11H13N3O2/c1-8-6-10(15)9(7-13-8)11(16)14(2)5-3-4-12/h6-7H,3,5H2,1-2H3,(H,13,15). The Morgan fingerprint density at radius 1 is 1.62 bits per heavy atom. The average Bonchev–Trinajstić information content (AvgIpc) is 2.25. The van der Waals surface area contributed by atoms with Crippen molar-refractivity contribution in [2.45, 2.75) is 13.3 Å². The van der Waals surface area contributed by atoms with E-state index in [1.54, 1.807) is 14.0 Å². The molecule has 0 saturated carbocycles. The summed E-state index contributed by atoms with van der Waals surface area (Å²) in [7, 11) is 1.57. The van der Waals surface area contributed by atoms with Gasteiger partial charge in [0.15, 0.2) is 5.43 Å². The summed E-state index contributed by atoms with van der Waals surface area (Å²) in [5.74, 6) is -0.364. The minimum Gasteiger partial charge on any atom is -0.364 e. The minimum atomic E-state index is -0.364. The molecule has 1 aromatic rings. The van der Waals surface area contributed by atoms with Crippen molar-refractivity contribution in [2.75, 3.05) is 13.6 Å². The zero-order valence-corrected chi connectivity index (χ0v) is 9.28. The van der Waals surface area contributed by atoms with Crippen LogP contribution in [0.3, 0.4) is 0 Å². The Hall–Kier alpha value is -2.09. The van der Waals surface area contributed by atoms with Crippen LogP contribution >= 0.6 is 0 Å². The lowest BCUT2D eigenvalue weighted by Crippen LogP contribution is -2.31. The van der Waals surface area contributed by atoms with Crippen LogP contribution in [0, 0.1) is 18.3 Å². The first-order chi connectivity index (χ1) is 7.56. The van der Waals surface area contributed by atoms with E-state index in [2.05, 4.69) is 4.98 Å². The topological polar surface area (TPSA) is 77.0 Å². The molecule has 16 heavy (non-hydrogen) atoms. The van der Waals surface area contributed by atoms with Gasteiger partial charge in [0.1, 0.15) is 5.56 Å². The summed E-state index contributed by atoms with van der Waals surface area (Å²) < 4.78 is 0. The lowest BCUT2D eigenvalue weighted by molar-refractivity contribution is 0.0796. The molecule has 0 atom stereocenters. The fourth-order valence-electron chi connectivity index (χ4n) is 1.27. The van der Waals surface area contributed by atoms with Crippen LogP contribution in [-0.4, -0.2) is 29.4 Å². The van der Waals surface area contributed by atoms with E-state index in [9.17, 15) is 9.59 Å². The van der Waals surface area contributed by atoms with Gasteiger partial charge < -0.3 is 9.88 Å². The molecular formula is C11H13N3O2. The predicted molar refractivity (Wildman–Crippen MR) is 59.0 cm³/mol. The van der Waals surface area contributed by atoms with Crippen molar-refractivity contribution >= 4 is 5.91 Å². The van der Waals surface area contributed by atoms with Crippen molar-refractivity contribution in [1.29, 1.82) is 5.26 Å². The predicted octanol–water partition coefficient (Wildman–Crippen LogP) is 0.669. The van der Waals surface area contributed by atoms with Crippen molar-refractivity contribution in [2.24, 2.45) is 0 Å². The van der Waals surface area contributed by atoms with Crippen molar-refractivity contribution in [1.82, 2.24) is 9.88 Å². The molecule has 1 aromatic heterocycles. The number of aryl methyl sites for hydroxylation is 1. The number of hydrogen-bond donors (Lipinski definition) is 1. The average molecular weight is 219 g/mol. The number of pyridine rings is 1. The normalized spacial score (nSPS) is 9.56. The van der Waals surface area contributed by atoms with Gasteiger partial charge in [-0.1, -0.05) is 0 Å². The molecule has 5 heteroatoms. The van der Waals surface area contributed by atoms with Crippen molar-refractivity contribution in [3.8, 4) is 6.07 Å². The van der Waals surface area contributed by atoms with E-state index < -0.39 is 0 Å². The summed E-state index contributed by atoms with van der Waals surface area (Å²) in [6.45, 7) is 2.07. The van der Waals surface area contributed by atoms with E-state index in [-0.39, 0.29) is 23.3 Å². The van der Waals surface area contributed by atoms with Crippen molar-refractivity contribution in [3.63, 3.8) is 0 Å². The number of nitriles is 1. The molecule has 1 amide bonds. The highest BCUT2D eigenvalue weighted by molar-refractivity contribution is 5.93. The van der Waals surface area contributed by atoms with Gasteiger partial charge in [-0.05, 0) is 6.92 Å². The van der Waals surface area contributed by atoms with E-state index in [4.69, 9.17) is 5.26 Å². The second kappa shape index (κ2) is 5.12. The number of carbonyl (C=O) groups is 1. The second-order valence-electron chi connectivity index (χ2n) is 3.53. The van der Waals surface area contributed by atoms with E-state index in [0.717, 1.165) is 0 Å². The van der Waals surface area contributed by atoms with Gasteiger partial charge in [-0.15, -0.1) is 0 Å². The molecule has 1 heterocycles. The zero-order chi connectivity index (χ0) is 12.1. The number of amides is 1. The Balaban J connectivity index is 2.89. The number of aromatic amines is 1. The molecule has 0 saturated heterocycles. The maximum atomic E-state index is 11.8. The molecule has 84 valence electrons. The summed E-state index contributed by atoms with van der Waals surface area (Å²) in [5.41, 5.74) is 0.511. The molecule has 0 aromatic carbocycles. The first-order valence-electron chi connectivity index (χ1n) is 4.88. The highest BCUT2D eigenvalue weighted by Crippen LogP contribution is 1.98. The first kappa shape index (κ1) is 12.0. The molecule has 0 unspecified atom stereocenters. The molecule has 0 aliphatic carbocycles. The van der Waals surface area contributed by atoms with E-state index >= 15 is 0 Å². The van der Waals surface area contributed by atoms with Crippen LogP contribution in [0.15, 0.2) is 17.1 Å². The summed E-state index contributed by atoms with van der Waals surface area (Å²) in [4.78, 5) is 27.5. The Morgan fingerprint density at radius 2 is 2.31 bits per heavy atom. The molecule has 0 aliphatic rings. The molecule has 5 nitrogen and oxygen atoms in total. The summed E-state index contributed by atoms with van der Waals surface area (Å²) in [6.07, 6.45) is 1.66. The molecule has 0 bridgehead atoms. The van der Waals surface area contributed by atoms with Gasteiger partial charge in [-0.25, -0.2) is 0 Å². The zero-order valence-electron chi connectivity index (χ0n) is 9.28. The van der Waals surface area contributed by atoms with Gasteiger partial charge in [-0.2, -0.15) is 5.26 Å². The number of carbonyl (C=O) groups excluding carboxylic acids is 1. The van der Waals surface area contributed by atoms with Gasteiger partial charge in [0.25, 0.3) is 5.91 Å². The molecule has 1 N–H and O–H groups in total. The maximum Gasteiger partial charge on any atom is 0.259 e. The summed E-state index contributed by atoms with van der Waals surface area (Å²) in [5, 5.41) is 8.40. The molecular weight excluding hydrogens is 206 g/mol. The number of aromatic nitrogens is 1. The molecule has 0 aliphatic heterocycles. The third kappa shape index (κ3) is 2.70. The summed E-state index contributed by atoms with van der Waals surface area (Å²) >= 11 is 0. The largest absolute Gasteiger partial charge is 0.364 e. The van der Waals surface area contributed by atoms with Gasteiger partial charge >= 0.3 is 0 Å². The van der Waals surface area contributed by atoms with E-state index in [1.807, 2.05) is 6.07 Å². The SMILES string of the molecule is Cc1cc(=O)c(C(=O)N(C)CCC#N)c[nH]1. The third-order valence-corrected chi connectivity index (χ3v) is 2.19. The Bertz CT molecular complexity index is 485. The van der Waals surface area contributed by atoms with Gasteiger partial charge in [0.2, 0.25) is 0 Å². The van der Waals surface area contributed by atoms with Crippen LogP contribution in [0.25, 0.3) is 0 Å². The fourth-order valence-corrected chi connectivity index (χ4v) is 1.27. The van der Waals surface area contributed by atoms with Crippen LogP contribution in [0.5, 0.6) is 0 Å². The van der Waals surface area contributed by atoms with E-state index in [1.165, 1.54) is 17.2 Å². The monoisotopic (exact) mass is 219 g/mol. The highest BCUT2D eigenvalue weighted by Gasteiger charge is 2.14. The highest BCUT2D eigenvalue weighted by atomic mass is 16.2. The van der Waals surface area contributed by atoms with Crippen LogP contribution in [-0.2, 0) is 0 Å². The molecule has 0 spiro atoms. The van der Waals surface area contributed by atoms with Gasteiger partial charge in [-0.3, -0.25) is 9.59 Å². The Labute approximate surface area is 93.3 Å². The summed E-state index contributed by atoms with van der Waals surface area (Å²) in [6, 6.07) is 3.33. The van der Waals surface area contributed by atoms with Crippen molar-refractivity contribution in [3.05, 3.63) is 33.7 Å². The van der Waals surface area contributed by atoms with Gasteiger partial charge in [0, 0.05) is 31.5 Å². The second-order valence-corrected chi connectivity index (χ2v) is 3.53. The Morgan fingerprint density at radius 3 is 2.88 bits per heavy atom. The first-order valence-corrected chi connectivity index (χ1v) is 4.88. The van der Waals surface area contributed by atoms with Crippen LogP contribution in [0.2, 0.25) is 0 Å². The fraction of sp³-hybridized carbons (Fsp3) is 0.364. The van der Waals surface area contributed by atoms with Crippen molar-refractivity contribution < 1.29 is 4.79 Å². The van der Waals surface area contributed by atoms with Crippen LogP contribution in [0.1, 0.15) is 22.5 Å². The number of nitrogens with zero attached hydrogens (tertiary/aromatic N) is 2. The molecule has 1 rings (SSSR count). The Kier molecular flexibility index (Phi) is 3.84. The minimum absolute atomic E-state index is 0.103. The van der Waals surface area contributed by atoms with Crippen LogP contribution < -0.4 is 5.43 Å². The number of hydrogen-bond acceptors (Lipinski definition) is 3. The van der Waals surface area contributed by atoms with Gasteiger partial charge in [0.05, 0.1) is 12.5 Å². The lowest BCUT2D eigenvalue weighted by atomic mass is 10.2. The third-order valence-electron chi connectivity index (χ3n) is 2.19. The lowest BCUT2D eigenvalue weighted by Gasteiger charge is -2.14. The maximum absolute atomic E-state index is 11.8. The number of nitrogens with one attached hydrogen (secondary N) is 1. The van der Waals surface area contributed by atoms with Crippen LogP contribution in [0.4, 0.5) is 0 Å². The smallest absolute Gasteiger partial charge is 0.259 e. The van der Waals surface area contributed by atoms with E-state index in [0.29, 0.717) is 12.2 Å². The quantitative estimate of drug-likeness (QED) is 0.811. The number of rotatable bonds is 3. The molecule has 0 radical (unpaired) electrons. The number of H-pyrrole nitrogens is 1. The molecule has 0 fully saturated rings.